The van der Waals surface area contributed by atoms with Gasteiger partial charge in [0.2, 0.25) is 0 Å². The van der Waals surface area contributed by atoms with Crippen molar-refractivity contribution < 1.29 is 20.1 Å². The third-order valence-corrected chi connectivity index (χ3v) is 13.3. The molecule has 0 aliphatic heterocycles. The Morgan fingerprint density at radius 1 is 0.727 bits per heavy atom. The zero-order chi connectivity index (χ0) is 37.6. The van der Waals surface area contributed by atoms with Crippen LogP contribution in [0.3, 0.4) is 0 Å². The van der Waals surface area contributed by atoms with Crippen LogP contribution in [0.4, 0.5) is 0 Å². The van der Waals surface area contributed by atoms with Crippen LogP contribution in [-0.2, 0) is 26.5 Å². The minimum Gasteiger partial charge on any atom is -0.333 e. The molecule has 6 heteroatoms. The standard InChI is InChI=1S/C31H21N2S.C18H24NSi.Ir/c1-19-8-7-9-20(2)30(19)33-27-18-22-11-4-3-10-21(22)17-26(27)32-31(33)23-14-15-29-25(16-23)24-12-5-6-13-28(24)34-29;1-14(2)11-16-12-17(15-9-7-6-8-10-15)19-13-18(16)20(3,4)5;/h3-13,15-18H,1-2H3;6-9,12-14H,11H2,1-5H3;/q2*-1;. The molecule has 0 bridgehead atoms. The fourth-order valence-electron chi connectivity index (χ4n) is 7.61. The summed E-state index contributed by atoms with van der Waals surface area (Å²) in [5.41, 5.74) is 10.4. The van der Waals surface area contributed by atoms with Crippen molar-refractivity contribution in [3.8, 4) is 28.3 Å². The summed E-state index contributed by atoms with van der Waals surface area (Å²) in [6.07, 6.45) is 3.24. The number of benzene rings is 6. The smallest absolute Gasteiger partial charge is 0.0798 e. The van der Waals surface area contributed by atoms with Crippen LogP contribution < -0.4 is 5.19 Å². The van der Waals surface area contributed by atoms with Crippen LogP contribution in [-0.4, -0.2) is 22.6 Å². The molecule has 0 atom stereocenters. The van der Waals surface area contributed by atoms with E-state index in [-0.39, 0.29) is 20.1 Å². The topological polar surface area (TPSA) is 30.7 Å². The van der Waals surface area contributed by atoms with Crippen LogP contribution in [0, 0.1) is 31.9 Å². The van der Waals surface area contributed by atoms with Crippen molar-refractivity contribution in [3.05, 3.63) is 156 Å². The van der Waals surface area contributed by atoms with Crippen molar-refractivity contribution in [2.45, 2.75) is 53.8 Å². The Morgan fingerprint density at radius 2 is 1.44 bits per heavy atom. The van der Waals surface area contributed by atoms with Crippen molar-refractivity contribution in [1.82, 2.24) is 14.5 Å². The molecule has 3 nitrogen and oxygen atoms in total. The van der Waals surface area contributed by atoms with Gasteiger partial charge in [-0.2, -0.15) is 11.3 Å². The molecule has 3 aromatic heterocycles. The summed E-state index contributed by atoms with van der Waals surface area (Å²) in [6, 6.07) is 49.7. The maximum atomic E-state index is 5.20. The number of para-hydroxylation sites is 1. The van der Waals surface area contributed by atoms with Crippen LogP contribution in [0.5, 0.6) is 0 Å². The van der Waals surface area contributed by atoms with Gasteiger partial charge in [0.1, 0.15) is 0 Å². The summed E-state index contributed by atoms with van der Waals surface area (Å²) in [7, 11) is -1.34. The number of fused-ring (bicyclic) bond motifs is 5. The molecule has 0 aliphatic rings. The van der Waals surface area contributed by atoms with Crippen LogP contribution in [0.2, 0.25) is 19.6 Å². The van der Waals surface area contributed by atoms with Gasteiger partial charge in [-0.1, -0.05) is 111 Å². The zero-order valence-electron chi connectivity index (χ0n) is 32.5. The molecule has 0 fully saturated rings. The fourth-order valence-corrected chi connectivity index (χ4v) is 10.3. The van der Waals surface area contributed by atoms with E-state index in [2.05, 4.69) is 178 Å². The summed E-state index contributed by atoms with van der Waals surface area (Å²) in [5, 5.41) is 6.47. The molecular formula is C49H45IrN3SSi-2. The number of aryl methyl sites for hydroxylation is 2. The van der Waals surface area contributed by atoms with E-state index in [1.54, 1.807) is 0 Å². The second-order valence-electron chi connectivity index (χ2n) is 15.8. The Morgan fingerprint density at radius 3 is 2.15 bits per heavy atom. The summed E-state index contributed by atoms with van der Waals surface area (Å²) in [5.74, 6) is 1.60. The average molecular weight is 928 g/mol. The molecule has 3 heterocycles. The number of hydrogen-bond acceptors (Lipinski definition) is 3. The van der Waals surface area contributed by atoms with Gasteiger partial charge in [-0.25, -0.2) is 0 Å². The molecule has 0 saturated carbocycles. The summed E-state index contributed by atoms with van der Waals surface area (Å²) in [4.78, 5) is 9.88. The van der Waals surface area contributed by atoms with E-state index in [0.29, 0.717) is 5.92 Å². The van der Waals surface area contributed by atoms with Gasteiger partial charge >= 0.3 is 0 Å². The van der Waals surface area contributed by atoms with E-state index >= 15 is 0 Å². The maximum Gasteiger partial charge on any atom is 0.0798 e. The molecule has 0 aliphatic carbocycles. The maximum absolute atomic E-state index is 5.20. The van der Waals surface area contributed by atoms with Crippen LogP contribution in [0.25, 0.3) is 70.3 Å². The predicted octanol–water partition coefficient (Wildman–Crippen LogP) is 12.9. The van der Waals surface area contributed by atoms with Crippen molar-refractivity contribution >= 4 is 66.6 Å². The van der Waals surface area contributed by atoms with E-state index in [1.165, 1.54) is 58.5 Å². The number of thiophene rings is 1. The zero-order valence-corrected chi connectivity index (χ0v) is 36.7. The molecule has 0 N–H and O–H groups in total. The molecule has 9 rings (SSSR count). The van der Waals surface area contributed by atoms with E-state index in [1.807, 2.05) is 29.5 Å². The Hall–Kier alpha value is -4.71. The van der Waals surface area contributed by atoms with Gasteiger partial charge in [-0.3, -0.25) is 4.98 Å². The van der Waals surface area contributed by atoms with Gasteiger partial charge < -0.3 is 9.55 Å². The fraction of sp³-hybridized carbons (Fsp3) is 0.184. The van der Waals surface area contributed by atoms with Gasteiger partial charge in [-0.05, 0) is 87.3 Å². The first-order chi connectivity index (χ1) is 26.0. The van der Waals surface area contributed by atoms with Gasteiger partial charge in [-0.15, -0.1) is 59.7 Å². The Kier molecular flexibility index (Phi) is 11.1. The Bertz CT molecular complexity index is 2770. The molecular weight excluding hydrogens is 883 g/mol. The van der Waals surface area contributed by atoms with Crippen molar-refractivity contribution in [2.24, 2.45) is 5.92 Å². The minimum absolute atomic E-state index is 0. The first-order valence-corrected chi connectivity index (χ1v) is 23.1. The SMILES string of the molecule is CC(C)Cc1cc(-c2[c-]cccc2)ncc1[Si](C)(C)C.Cc1cccc(C)c1-n1c(-c2[c-]cc3sc4ccccc4c3c2)nc2cc3ccccc3cc21.[Ir]. The summed E-state index contributed by atoms with van der Waals surface area (Å²) >= 11 is 1.82. The number of hydrogen-bond donors (Lipinski definition) is 0. The monoisotopic (exact) mass is 928 g/mol. The van der Waals surface area contributed by atoms with E-state index in [9.17, 15) is 0 Å². The molecule has 0 saturated heterocycles. The van der Waals surface area contributed by atoms with Gasteiger partial charge in [0.25, 0.3) is 0 Å². The van der Waals surface area contributed by atoms with Crippen molar-refractivity contribution in [2.75, 3.05) is 0 Å². The second kappa shape index (κ2) is 15.8. The van der Waals surface area contributed by atoms with E-state index < -0.39 is 8.07 Å². The third kappa shape index (κ3) is 7.74. The first kappa shape index (κ1) is 38.6. The molecule has 9 aromatic rings. The van der Waals surface area contributed by atoms with Crippen molar-refractivity contribution in [1.29, 1.82) is 0 Å². The Balaban J connectivity index is 0.000000191. The van der Waals surface area contributed by atoms with Gasteiger partial charge in [0.15, 0.2) is 0 Å². The predicted molar refractivity (Wildman–Crippen MR) is 235 cm³/mol. The number of aromatic nitrogens is 3. The van der Waals surface area contributed by atoms with E-state index in [0.717, 1.165) is 40.1 Å². The number of nitrogens with zero attached hydrogens (tertiary/aromatic N) is 3. The molecule has 0 unspecified atom stereocenters. The number of imidazole rings is 1. The Labute approximate surface area is 343 Å². The molecule has 6 aromatic carbocycles. The number of rotatable bonds is 6. The van der Waals surface area contributed by atoms with Crippen LogP contribution in [0.1, 0.15) is 30.5 Å². The van der Waals surface area contributed by atoms with Gasteiger partial charge in [0.05, 0.1) is 24.9 Å². The summed E-state index contributed by atoms with van der Waals surface area (Å²) in [6.45, 7) is 16.1. The van der Waals surface area contributed by atoms with Crippen molar-refractivity contribution in [3.63, 3.8) is 0 Å². The summed E-state index contributed by atoms with van der Waals surface area (Å²) < 4.78 is 4.89. The molecule has 0 amide bonds. The van der Waals surface area contributed by atoms with Crippen LogP contribution >= 0.6 is 11.3 Å². The van der Waals surface area contributed by atoms with Gasteiger partial charge in [0, 0.05) is 36.7 Å². The molecule has 0 spiro atoms. The molecule has 277 valence electrons. The number of pyridine rings is 1. The quantitative estimate of drug-likeness (QED) is 0.123. The largest absolute Gasteiger partial charge is 0.333 e. The normalized spacial score (nSPS) is 11.6. The van der Waals surface area contributed by atoms with Crippen LogP contribution in [0.15, 0.2) is 128 Å². The molecule has 1 radical (unpaired) electrons. The third-order valence-electron chi connectivity index (χ3n) is 10.1. The first-order valence-electron chi connectivity index (χ1n) is 18.8. The average Bonchev–Trinajstić information content (AvgIpc) is 3.71. The second-order valence-corrected chi connectivity index (χ2v) is 21.9. The molecule has 55 heavy (non-hydrogen) atoms. The van der Waals surface area contributed by atoms with E-state index in [4.69, 9.17) is 4.98 Å². The minimum atomic E-state index is -1.34.